The van der Waals surface area contributed by atoms with E-state index < -0.39 is 22.7 Å². The molecule has 4 rings (SSSR count). The van der Waals surface area contributed by atoms with Gasteiger partial charge in [0, 0.05) is 18.3 Å². The molecule has 3 saturated carbocycles. The highest BCUT2D eigenvalue weighted by Crippen LogP contribution is 2.68. The Bertz CT molecular complexity index is 888. The molecule has 0 saturated heterocycles. The van der Waals surface area contributed by atoms with E-state index in [9.17, 15) is 24.9 Å². The Balaban J connectivity index is 1.59. The Morgan fingerprint density at radius 1 is 1.17 bits per heavy atom. The van der Waals surface area contributed by atoms with Gasteiger partial charge in [-0.3, -0.25) is 9.59 Å². The first-order valence-corrected chi connectivity index (χ1v) is 13.7. The molecule has 6 heteroatoms. The van der Waals surface area contributed by atoms with Crippen LogP contribution in [0.2, 0.25) is 0 Å². The lowest BCUT2D eigenvalue weighted by atomic mass is 9.46. The number of carbonyl (C=O) groups excluding carboxylic acids is 2. The summed E-state index contributed by atoms with van der Waals surface area (Å²) >= 11 is 0. The highest BCUT2D eigenvalue weighted by Gasteiger charge is 2.66. The summed E-state index contributed by atoms with van der Waals surface area (Å²) in [5, 5.41) is 33.4. The van der Waals surface area contributed by atoms with Crippen molar-refractivity contribution in [1.82, 2.24) is 0 Å². The molecule has 0 aromatic heterocycles. The SMILES string of the molecule is CC(=O)O[C@H]1CC[C@@]2(C)[C@@H](C1)C(=O)C=C1[C@@H]2CC[C@]2(C)C([C@H](C)[C@H](O)CCC(C)(C)O)CC[C@@]12O. The normalized spacial score (nSPS) is 42.9. The van der Waals surface area contributed by atoms with Crippen LogP contribution in [0.5, 0.6) is 0 Å². The maximum absolute atomic E-state index is 13.5. The van der Waals surface area contributed by atoms with Crippen molar-refractivity contribution in [3.05, 3.63) is 11.6 Å². The van der Waals surface area contributed by atoms with Gasteiger partial charge in [0.2, 0.25) is 0 Å². The molecule has 0 amide bonds. The molecular weight excluding hydrogens is 444 g/mol. The van der Waals surface area contributed by atoms with Crippen molar-refractivity contribution < 1.29 is 29.6 Å². The number of rotatable bonds is 6. The minimum Gasteiger partial charge on any atom is -0.463 e. The number of aliphatic hydroxyl groups is 3. The molecule has 198 valence electrons. The second-order valence-electron chi connectivity index (χ2n) is 13.4. The highest BCUT2D eigenvalue weighted by atomic mass is 16.5. The van der Waals surface area contributed by atoms with Gasteiger partial charge >= 0.3 is 5.97 Å². The third-order valence-corrected chi connectivity index (χ3v) is 10.7. The number of ketones is 1. The zero-order chi connectivity index (χ0) is 26.0. The van der Waals surface area contributed by atoms with Gasteiger partial charge in [0.1, 0.15) is 6.10 Å². The molecule has 0 bridgehead atoms. The predicted molar refractivity (Wildman–Crippen MR) is 133 cm³/mol. The fraction of sp³-hybridized carbons (Fsp3) is 0.862. The van der Waals surface area contributed by atoms with Crippen LogP contribution in [0, 0.1) is 34.5 Å². The van der Waals surface area contributed by atoms with Gasteiger partial charge < -0.3 is 20.1 Å². The highest BCUT2D eigenvalue weighted by molar-refractivity contribution is 5.95. The molecule has 9 atom stereocenters. The smallest absolute Gasteiger partial charge is 0.302 e. The average molecular weight is 491 g/mol. The van der Waals surface area contributed by atoms with Gasteiger partial charge in [-0.2, -0.15) is 0 Å². The fourth-order valence-electron chi connectivity index (χ4n) is 8.56. The predicted octanol–water partition coefficient (Wildman–Crippen LogP) is 4.34. The van der Waals surface area contributed by atoms with Gasteiger partial charge in [-0.25, -0.2) is 0 Å². The largest absolute Gasteiger partial charge is 0.463 e. The first kappa shape index (κ1) is 26.8. The van der Waals surface area contributed by atoms with Crippen molar-refractivity contribution in [3.63, 3.8) is 0 Å². The van der Waals surface area contributed by atoms with Crippen molar-refractivity contribution in [3.8, 4) is 0 Å². The summed E-state index contributed by atoms with van der Waals surface area (Å²) in [7, 11) is 0. The number of allylic oxidation sites excluding steroid dienone is 1. The molecule has 4 aliphatic rings. The first-order chi connectivity index (χ1) is 16.1. The molecule has 0 aromatic rings. The summed E-state index contributed by atoms with van der Waals surface area (Å²) in [6.45, 7) is 11.4. The molecule has 35 heavy (non-hydrogen) atoms. The Morgan fingerprint density at radius 2 is 1.86 bits per heavy atom. The Kier molecular flexibility index (Phi) is 6.86. The Morgan fingerprint density at radius 3 is 2.49 bits per heavy atom. The van der Waals surface area contributed by atoms with Crippen molar-refractivity contribution in [1.29, 1.82) is 0 Å². The number of aliphatic hydroxyl groups excluding tert-OH is 1. The standard InChI is InChI=1S/C29H46O6/c1-17(24(31)10-11-26(3,4)33)20-9-14-29(34)22-16-25(32)23-15-19(35-18(2)30)7-12-27(23,5)21(22)8-13-28(20,29)6/h16-17,19-21,23-24,31,33-34H,7-15H2,1-6H3/t17-,19-,20?,21-,23-,24+,27+,28+,29+/m0/s1. The molecule has 4 aliphatic carbocycles. The van der Waals surface area contributed by atoms with Crippen LogP contribution >= 0.6 is 0 Å². The summed E-state index contributed by atoms with van der Waals surface area (Å²) < 4.78 is 5.48. The van der Waals surface area contributed by atoms with Crippen molar-refractivity contribution in [2.45, 2.75) is 123 Å². The summed E-state index contributed by atoms with van der Waals surface area (Å²) in [6, 6.07) is 0. The maximum Gasteiger partial charge on any atom is 0.302 e. The molecule has 3 N–H and O–H groups in total. The zero-order valence-electron chi connectivity index (χ0n) is 22.5. The molecule has 0 radical (unpaired) electrons. The quantitative estimate of drug-likeness (QED) is 0.479. The minimum absolute atomic E-state index is 0.00433. The van der Waals surface area contributed by atoms with Crippen LogP contribution in [0.25, 0.3) is 0 Å². The summed E-state index contributed by atoms with van der Waals surface area (Å²) in [4.78, 5) is 25.0. The number of hydrogen-bond donors (Lipinski definition) is 3. The summed E-state index contributed by atoms with van der Waals surface area (Å²) in [5.41, 5.74) is -1.57. The van der Waals surface area contributed by atoms with Crippen LogP contribution in [0.1, 0.15) is 99.3 Å². The number of esters is 1. The topological polar surface area (TPSA) is 104 Å². The van der Waals surface area contributed by atoms with Gasteiger partial charge in [-0.15, -0.1) is 0 Å². The maximum atomic E-state index is 13.5. The van der Waals surface area contributed by atoms with Gasteiger partial charge in [-0.1, -0.05) is 20.8 Å². The zero-order valence-corrected chi connectivity index (χ0v) is 22.5. The van der Waals surface area contributed by atoms with Gasteiger partial charge in [0.05, 0.1) is 17.3 Å². The van der Waals surface area contributed by atoms with E-state index in [4.69, 9.17) is 4.74 Å². The average Bonchev–Trinajstić information content (AvgIpc) is 3.03. The van der Waals surface area contributed by atoms with Gasteiger partial charge in [0.15, 0.2) is 5.78 Å². The molecular formula is C29H46O6. The molecule has 1 unspecified atom stereocenters. The Labute approximate surface area is 210 Å². The van der Waals surface area contributed by atoms with E-state index >= 15 is 0 Å². The summed E-state index contributed by atoms with van der Waals surface area (Å²) in [6.07, 6.45) is 7.43. The minimum atomic E-state index is -1.04. The van der Waals surface area contributed by atoms with Crippen molar-refractivity contribution >= 4 is 11.8 Å². The van der Waals surface area contributed by atoms with Crippen molar-refractivity contribution in [2.24, 2.45) is 34.5 Å². The third-order valence-electron chi connectivity index (χ3n) is 10.7. The second kappa shape index (κ2) is 8.95. The monoisotopic (exact) mass is 490 g/mol. The van der Waals surface area contributed by atoms with E-state index in [0.29, 0.717) is 25.7 Å². The van der Waals surface area contributed by atoms with Crippen LogP contribution in [0.4, 0.5) is 0 Å². The van der Waals surface area contributed by atoms with E-state index in [1.807, 2.05) is 0 Å². The lowest BCUT2D eigenvalue weighted by Gasteiger charge is -2.60. The lowest BCUT2D eigenvalue weighted by Crippen LogP contribution is -2.59. The fourth-order valence-corrected chi connectivity index (χ4v) is 8.56. The van der Waals surface area contributed by atoms with Crippen LogP contribution in [0.15, 0.2) is 11.6 Å². The Hall–Kier alpha value is -1.24. The van der Waals surface area contributed by atoms with Gasteiger partial charge in [0.25, 0.3) is 0 Å². The van der Waals surface area contributed by atoms with Crippen LogP contribution < -0.4 is 0 Å². The van der Waals surface area contributed by atoms with Crippen LogP contribution in [0.3, 0.4) is 0 Å². The number of ether oxygens (including phenoxy) is 1. The van der Waals surface area contributed by atoms with E-state index in [-0.39, 0.29) is 46.9 Å². The molecule has 0 spiro atoms. The number of hydrogen-bond acceptors (Lipinski definition) is 6. The van der Waals surface area contributed by atoms with E-state index in [1.165, 1.54) is 6.92 Å². The number of carbonyl (C=O) groups is 2. The number of fused-ring (bicyclic) bond motifs is 5. The van der Waals surface area contributed by atoms with E-state index in [0.717, 1.165) is 37.7 Å². The summed E-state index contributed by atoms with van der Waals surface area (Å²) in [5.74, 6) is -0.119. The molecule has 6 nitrogen and oxygen atoms in total. The van der Waals surface area contributed by atoms with E-state index in [2.05, 4.69) is 20.8 Å². The van der Waals surface area contributed by atoms with Crippen LogP contribution in [-0.4, -0.2) is 50.5 Å². The second-order valence-corrected chi connectivity index (χ2v) is 13.4. The molecule has 0 aliphatic heterocycles. The van der Waals surface area contributed by atoms with Crippen LogP contribution in [-0.2, 0) is 14.3 Å². The molecule has 0 aromatic carbocycles. The van der Waals surface area contributed by atoms with Gasteiger partial charge in [-0.05, 0) is 106 Å². The third kappa shape index (κ3) is 4.42. The molecule has 0 heterocycles. The first-order valence-electron chi connectivity index (χ1n) is 13.7. The van der Waals surface area contributed by atoms with E-state index in [1.54, 1.807) is 19.9 Å². The molecule has 3 fully saturated rings. The lowest BCUT2D eigenvalue weighted by molar-refractivity contribution is -0.158. The van der Waals surface area contributed by atoms with Crippen molar-refractivity contribution in [2.75, 3.05) is 0 Å².